The fourth-order valence-electron chi connectivity index (χ4n) is 7.62. The zero-order valence-corrected chi connectivity index (χ0v) is 28.3. The van der Waals surface area contributed by atoms with Crippen molar-refractivity contribution in [3.05, 3.63) is 48.2 Å². The maximum absolute atomic E-state index is 13.7. The second kappa shape index (κ2) is 13.5. The Morgan fingerprint density at radius 3 is 2.46 bits per heavy atom. The largest absolute Gasteiger partial charge is 0.495 e. The first-order valence-electron chi connectivity index (χ1n) is 16.5. The molecule has 0 amide bonds. The fourth-order valence-corrected chi connectivity index (χ4v) is 8.15. The van der Waals surface area contributed by atoms with Crippen LogP contribution >= 0.6 is 0 Å². The quantitative estimate of drug-likeness (QED) is 0.252. The van der Waals surface area contributed by atoms with Gasteiger partial charge < -0.3 is 24.7 Å². The predicted octanol–water partition coefficient (Wildman–Crippen LogP) is 5.94. The number of aromatic nitrogens is 1. The lowest BCUT2D eigenvalue weighted by atomic mass is 9.74. The van der Waals surface area contributed by atoms with E-state index in [1.165, 1.54) is 49.1 Å². The summed E-state index contributed by atoms with van der Waals surface area (Å²) in [6.07, 6.45) is 3.25. The summed E-state index contributed by atoms with van der Waals surface area (Å²) in [6.45, 7) is 5.32. The average Bonchev–Trinajstić information content (AvgIpc) is 3.64. The molecule has 13 heteroatoms. The number of sulfonamides is 1. The molecule has 0 unspecified atom stereocenters. The first-order chi connectivity index (χ1) is 22.8. The van der Waals surface area contributed by atoms with Crippen molar-refractivity contribution in [2.75, 3.05) is 50.6 Å². The van der Waals surface area contributed by atoms with Crippen molar-refractivity contribution < 1.29 is 31.1 Å². The van der Waals surface area contributed by atoms with Gasteiger partial charge in [0.1, 0.15) is 12.3 Å². The molecule has 1 spiro atoms. The molecule has 1 aliphatic carbocycles. The van der Waals surface area contributed by atoms with E-state index in [1.807, 2.05) is 6.07 Å². The van der Waals surface area contributed by atoms with Crippen LogP contribution in [-0.4, -0.2) is 75.6 Å². The van der Waals surface area contributed by atoms with E-state index in [0.29, 0.717) is 22.0 Å². The second-order valence-corrected chi connectivity index (χ2v) is 15.3. The van der Waals surface area contributed by atoms with Crippen LogP contribution in [0.3, 0.4) is 0 Å². The Balaban J connectivity index is 1.15. The topological polar surface area (TPSA) is 111 Å². The average molecular weight is 688 g/mol. The molecular formula is C35H44F3N5O4S. The number of benzene rings is 2. The van der Waals surface area contributed by atoms with E-state index < -0.39 is 22.7 Å². The van der Waals surface area contributed by atoms with E-state index in [9.17, 15) is 21.6 Å². The molecule has 3 heterocycles. The third kappa shape index (κ3) is 7.57. The van der Waals surface area contributed by atoms with E-state index in [1.54, 1.807) is 18.2 Å². The van der Waals surface area contributed by atoms with Crippen molar-refractivity contribution in [3.63, 3.8) is 0 Å². The van der Waals surface area contributed by atoms with E-state index in [4.69, 9.17) is 14.6 Å². The summed E-state index contributed by atoms with van der Waals surface area (Å²) in [5.41, 5.74) is 2.54. The highest BCUT2D eigenvalue weighted by Crippen LogP contribution is 2.44. The number of nitrogens with zero attached hydrogens (tertiary/aromatic N) is 2. The maximum atomic E-state index is 13.7. The monoisotopic (exact) mass is 687 g/mol. The summed E-state index contributed by atoms with van der Waals surface area (Å²) in [4.78, 5) is 2.58. The number of halogens is 3. The molecule has 3 aromatic rings. The Morgan fingerprint density at radius 1 is 1.06 bits per heavy atom. The van der Waals surface area contributed by atoms with Crippen LogP contribution in [0.4, 0.5) is 24.5 Å². The van der Waals surface area contributed by atoms with Gasteiger partial charge in [0, 0.05) is 35.3 Å². The number of rotatable bonds is 8. The minimum atomic E-state index is -4.44. The van der Waals surface area contributed by atoms with Gasteiger partial charge in [0.15, 0.2) is 0 Å². The predicted molar refractivity (Wildman–Crippen MR) is 181 cm³/mol. The van der Waals surface area contributed by atoms with E-state index in [-0.39, 0.29) is 34.5 Å². The molecular weight excluding hydrogens is 643 g/mol. The number of hydrogen-bond donors (Lipinski definition) is 3. The standard InChI is InChI=1S/C35H44F3N5O4S/c1-33(42-18-14-34(15-19-42)16-20-47-24-34)12-10-25(11-13-33)41-29-6-3-7-31-28(29)21-26(43(31)23-35(36,37)38)5-4-17-40-30-9-8-27(48(39,44)45)22-32(30)46-2/h3,6-9,21-22,25,40-41H,10-20,23-24H2,1-2H3,(H2,39,44,45). The van der Waals surface area contributed by atoms with Crippen LogP contribution in [0.25, 0.3) is 10.9 Å². The lowest BCUT2D eigenvalue weighted by Crippen LogP contribution is -2.54. The van der Waals surface area contributed by atoms with Gasteiger partial charge in [0.05, 0.1) is 42.1 Å². The van der Waals surface area contributed by atoms with Crippen LogP contribution in [0, 0.1) is 17.3 Å². The number of piperidine rings is 1. The highest BCUT2D eigenvalue weighted by molar-refractivity contribution is 7.89. The van der Waals surface area contributed by atoms with Crippen LogP contribution in [-0.2, 0) is 21.3 Å². The van der Waals surface area contributed by atoms with E-state index in [2.05, 4.69) is 34.3 Å². The minimum absolute atomic E-state index is 0.0797. The number of hydrogen-bond acceptors (Lipinski definition) is 7. The van der Waals surface area contributed by atoms with Crippen molar-refractivity contribution in [1.82, 2.24) is 9.47 Å². The zero-order chi connectivity index (χ0) is 34.2. The molecule has 1 saturated carbocycles. The summed E-state index contributed by atoms with van der Waals surface area (Å²) < 4.78 is 76.8. The van der Waals surface area contributed by atoms with Crippen molar-refractivity contribution in [2.24, 2.45) is 10.6 Å². The first-order valence-corrected chi connectivity index (χ1v) is 18.0. The van der Waals surface area contributed by atoms with Crippen molar-refractivity contribution in [1.29, 1.82) is 0 Å². The number of primary sulfonamides is 1. The molecule has 6 rings (SSSR count). The minimum Gasteiger partial charge on any atom is -0.495 e. The molecule has 2 aliphatic heterocycles. The van der Waals surface area contributed by atoms with Gasteiger partial charge in [-0.1, -0.05) is 12.0 Å². The number of alkyl halides is 3. The number of likely N-dealkylation sites (tertiary alicyclic amines) is 1. The molecule has 3 fully saturated rings. The molecule has 0 atom stereocenters. The van der Waals surface area contributed by atoms with Crippen molar-refractivity contribution >= 4 is 32.3 Å². The summed E-state index contributed by atoms with van der Waals surface area (Å²) >= 11 is 0. The molecule has 2 saturated heterocycles. The summed E-state index contributed by atoms with van der Waals surface area (Å²) in [7, 11) is -2.52. The third-order valence-corrected chi connectivity index (χ3v) is 11.5. The fraction of sp³-hybridized carbons (Fsp3) is 0.543. The SMILES string of the molecule is COc1cc(S(N)(=O)=O)ccc1NCC#Cc1cc2c(NC3CCC(C)(N4CCC5(CCOC5)CC4)CC3)cccc2n1CC(F)(F)F. The third-order valence-electron chi connectivity index (χ3n) is 10.6. The number of ether oxygens (including phenoxy) is 2. The maximum Gasteiger partial charge on any atom is 0.406 e. The van der Waals surface area contributed by atoms with Gasteiger partial charge in [-0.25, -0.2) is 13.6 Å². The Hall–Kier alpha value is -3.44. The smallest absolute Gasteiger partial charge is 0.406 e. The second-order valence-electron chi connectivity index (χ2n) is 13.7. The molecule has 0 radical (unpaired) electrons. The summed E-state index contributed by atoms with van der Waals surface area (Å²) in [6, 6.07) is 11.5. The van der Waals surface area contributed by atoms with Crippen molar-refractivity contribution in [3.8, 4) is 17.6 Å². The first kappa shape index (κ1) is 34.4. The Kier molecular flexibility index (Phi) is 9.65. The molecule has 4 N–H and O–H groups in total. The van der Waals surface area contributed by atoms with Gasteiger partial charge in [-0.15, -0.1) is 0 Å². The van der Waals surface area contributed by atoms with Crippen LogP contribution in [0.1, 0.15) is 57.6 Å². The number of nitrogens with one attached hydrogen (secondary N) is 2. The van der Waals surface area contributed by atoms with Gasteiger partial charge in [-0.3, -0.25) is 4.90 Å². The summed E-state index contributed by atoms with van der Waals surface area (Å²) in [5, 5.41) is 12.6. The van der Waals surface area contributed by atoms with Crippen LogP contribution in [0.2, 0.25) is 0 Å². The Bertz CT molecular complexity index is 1790. The molecule has 260 valence electrons. The molecule has 1 aromatic heterocycles. The Labute approximate surface area is 280 Å². The highest BCUT2D eigenvalue weighted by atomic mass is 32.2. The molecule has 48 heavy (non-hydrogen) atoms. The van der Waals surface area contributed by atoms with Gasteiger partial charge in [-0.05, 0) is 107 Å². The normalized spacial score (nSPS) is 23.2. The van der Waals surface area contributed by atoms with Gasteiger partial charge >= 0.3 is 6.18 Å². The highest BCUT2D eigenvalue weighted by Gasteiger charge is 2.43. The van der Waals surface area contributed by atoms with Crippen LogP contribution in [0.5, 0.6) is 5.75 Å². The number of nitrogens with two attached hydrogens (primary N) is 1. The zero-order valence-electron chi connectivity index (χ0n) is 27.5. The van der Waals surface area contributed by atoms with Gasteiger partial charge in [0.2, 0.25) is 10.0 Å². The molecule has 0 bridgehead atoms. The van der Waals surface area contributed by atoms with E-state index in [0.717, 1.165) is 57.7 Å². The molecule has 3 aliphatic rings. The lowest BCUT2D eigenvalue weighted by Gasteiger charge is -2.50. The Morgan fingerprint density at radius 2 is 1.81 bits per heavy atom. The number of anilines is 2. The van der Waals surface area contributed by atoms with Crippen LogP contribution < -0.4 is 20.5 Å². The number of fused-ring (bicyclic) bond motifs is 1. The van der Waals surface area contributed by atoms with Crippen LogP contribution in [0.15, 0.2) is 47.4 Å². The molecule has 2 aromatic carbocycles. The number of methoxy groups -OCH3 is 1. The van der Waals surface area contributed by atoms with Crippen molar-refractivity contribution in [2.45, 2.75) is 81.1 Å². The summed E-state index contributed by atoms with van der Waals surface area (Å²) in [5.74, 6) is 6.07. The van der Waals surface area contributed by atoms with Gasteiger partial charge in [-0.2, -0.15) is 13.2 Å². The van der Waals surface area contributed by atoms with E-state index >= 15 is 0 Å². The van der Waals surface area contributed by atoms with Gasteiger partial charge in [0.25, 0.3) is 0 Å². The molecule has 9 nitrogen and oxygen atoms in total. The lowest BCUT2D eigenvalue weighted by molar-refractivity contribution is -0.140.